The van der Waals surface area contributed by atoms with Crippen molar-refractivity contribution in [3.63, 3.8) is 0 Å². The van der Waals surface area contributed by atoms with E-state index in [4.69, 9.17) is 9.84 Å². The molecule has 0 aliphatic carbocycles. The molecular formula is C11H12O3. The normalized spacial score (nSPS) is 9.43. The topological polar surface area (TPSA) is 46.5 Å². The number of hydrogen-bond donors (Lipinski definition) is 1. The van der Waals surface area contributed by atoms with E-state index in [2.05, 4.69) is 6.58 Å². The number of benzene rings is 1. The lowest BCUT2D eigenvalue weighted by atomic mass is 10.2. The molecule has 0 aliphatic rings. The highest BCUT2D eigenvalue weighted by Gasteiger charge is 1.98. The molecule has 1 N–H and O–H groups in total. The van der Waals surface area contributed by atoms with Gasteiger partial charge in [0, 0.05) is 0 Å². The lowest BCUT2D eigenvalue weighted by Crippen LogP contribution is -2.04. The highest BCUT2D eigenvalue weighted by molar-refractivity contribution is 5.66. The first-order valence-electron chi connectivity index (χ1n) is 4.29. The van der Waals surface area contributed by atoms with Crippen molar-refractivity contribution in [1.29, 1.82) is 0 Å². The highest BCUT2D eigenvalue weighted by Crippen LogP contribution is 2.13. The molecule has 1 aromatic rings. The zero-order valence-corrected chi connectivity index (χ0v) is 7.77. The first kappa shape index (κ1) is 10.3. The van der Waals surface area contributed by atoms with Gasteiger partial charge in [0.15, 0.2) is 0 Å². The Kier molecular flexibility index (Phi) is 3.73. The van der Waals surface area contributed by atoms with Crippen LogP contribution in [0.15, 0.2) is 30.8 Å². The third-order valence-electron chi connectivity index (χ3n) is 1.68. The predicted octanol–water partition coefficient (Wildman–Crippen LogP) is 2.18. The molecule has 1 rings (SSSR count). The molecule has 0 unspecified atom stereocenters. The third kappa shape index (κ3) is 3.31. The molecule has 0 aliphatic heterocycles. The van der Waals surface area contributed by atoms with Crippen molar-refractivity contribution in [3.05, 3.63) is 36.4 Å². The van der Waals surface area contributed by atoms with Crippen molar-refractivity contribution in [2.45, 2.75) is 6.42 Å². The van der Waals surface area contributed by atoms with Crippen molar-refractivity contribution < 1.29 is 14.6 Å². The molecule has 0 heterocycles. The maximum absolute atomic E-state index is 10.2. The summed E-state index contributed by atoms with van der Waals surface area (Å²) in [5.74, 6) is -0.187. The van der Waals surface area contributed by atoms with Gasteiger partial charge in [0.25, 0.3) is 0 Å². The van der Waals surface area contributed by atoms with Crippen LogP contribution in [-0.2, 0) is 4.79 Å². The van der Waals surface area contributed by atoms with Crippen LogP contribution in [0.4, 0.5) is 0 Å². The fraction of sp³-hybridized carbons (Fsp3) is 0.182. The first-order valence-corrected chi connectivity index (χ1v) is 4.29. The molecule has 14 heavy (non-hydrogen) atoms. The minimum atomic E-state index is -0.857. The summed E-state index contributed by atoms with van der Waals surface area (Å²) in [6.07, 6.45) is 1.72. The first-order chi connectivity index (χ1) is 6.72. The molecule has 1 aromatic carbocycles. The smallest absolute Gasteiger partial charge is 0.306 e. The van der Waals surface area contributed by atoms with Crippen LogP contribution in [0.5, 0.6) is 5.75 Å². The average Bonchev–Trinajstić information content (AvgIpc) is 2.18. The van der Waals surface area contributed by atoms with Crippen LogP contribution >= 0.6 is 0 Å². The Morgan fingerprint density at radius 1 is 1.57 bits per heavy atom. The molecule has 0 atom stereocenters. The van der Waals surface area contributed by atoms with Gasteiger partial charge in [-0.05, 0) is 17.7 Å². The molecule has 0 saturated carbocycles. The molecule has 0 bridgehead atoms. The van der Waals surface area contributed by atoms with Crippen LogP contribution in [0.2, 0.25) is 0 Å². The molecule has 0 aromatic heterocycles. The average molecular weight is 192 g/mol. The summed E-state index contributed by atoms with van der Waals surface area (Å²) in [7, 11) is 0. The van der Waals surface area contributed by atoms with E-state index in [1.165, 1.54) is 0 Å². The second kappa shape index (κ2) is 5.07. The van der Waals surface area contributed by atoms with Gasteiger partial charge in [0.2, 0.25) is 0 Å². The van der Waals surface area contributed by atoms with Gasteiger partial charge in [-0.25, -0.2) is 0 Å². The maximum atomic E-state index is 10.2. The molecule has 0 amide bonds. The van der Waals surface area contributed by atoms with Crippen LogP contribution in [0.25, 0.3) is 6.08 Å². The predicted molar refractivity (Wildman–Crippen MR) is 54.3 cm³/mol. The van der Waals surface area contributed by atoms with Gasteiger partial charge < -0.3 is 9.84 Å². The standard InChI is InChI=1S/C11H12O3/c1-2-9-4-3-5-10(8-9)14-7-6-11(12)13/h2-5,8H,1,6-7H2,(H,12,13). The van der Waals surface area contributed by atoms with Gasteiger partial charge in [-0.3, -0.25) is 4.79 Å². The van der Waals surface area contributed by atoms with E-state index in [1.54, 1.807) is 12.1 Å². The molecule has 3 heteroatoms. The van der Waals surface area contributed by atoms with Crippen LogP contribution in [-0.4, -0.2) is 17.7 Å². The SMILES string of the molecule is C=Cc1cccc(OCCC(=O)O)c1. The Hall–Kier alpha value is -1.77. The fourth-order valence-electron chi connectivity index (χ4n) is 0.987. The van der Waals surface area contributed by atoms with Crippen molar-refractivity contribution in [3.8, 4) is 5.75 Å². The molecule has 0 spiro atoms. The van der Waals surface area contributed by atoms with Crippen LogP contribution in [0.3, 0.4) is 0 Å². The van der Waals surface area contributed by atoms with Crippen LogP contribution in [0.1, 0.15) is 12.0 Å². The monoisotopic (exact) mass is 192 g/mol. The number of carboxylic acid groups (broad SMARTS) is 1. The Bertz CT molecular complexity index is 331. The second-order valence-corrected chi connectivity index (χ2v) is 2.77. The summed E-state index contributed by atoms with van der Waals surface area (Å²) < 4.78 is 5.23. The molecule has 0 saturated heterocycles. The summed E-state index contributed by atoms with van der Waals surface area (Å²) in [4.78, 5) is 10.2. The van der Waals surface area contributed by atoms with Crippen LogP contribution < -0.4 is 4.74 Å². The van der Waals surface area contributed by atoms with Crippen LogP contribution in [0, 0.1) is 0 Å². The highest BCUT2D eigenvalue weighted by atomic mass is 16.5. The Labute approximate surface area is 82.6 Å². The Morgan fingerprint density at radius 2 is 2.36 bits per heavy atom. The van der Waals surface area contributed by atoms with E-state index in [0.717, 1.165) is 5.56 Å². The Balaban J connectivity index is 2.50. The Morgan fingerprint density at radius 3 is 3.00 bits per heavy atom. The molecule has 0 radical (unpaired) electrons. The zero-order valence-electron chi connectivity index (χ0n) is 7.77. The summed E-state index contributed by atoms with van der Waals surface area (Å²) in [6.45, 7) is 3.82. The van der Waals surface area contributed by atoms with Crippen molar-refractivity contribution in [2.24, 2.45) is 0 Å². The number of aliphatic carboxylic acids is 1. The zero-order chi connectivity index (χ0) is 10.4. The van der Waals surface area contributed by atoms with Gasteiger partial charge >= 0.3 is 5.97 Å². The quantitative estimate of drug-likeness (QED) is 0.777. The minimum Gasteiger partial charge on any atom is -0.493 e. The number of ether oxygens (including phenoxy) is 1. The lowest BCUT2D eigenvalue weighted by Gasteiger charge is -2.04. The molecule has 3 nitrogen and oxygen atoms in total. The van der Waals surface area contributed by atoms with Gasteiger partial charge in [0.05, 0.1) is 13.0 Å². The van der Waals surface area contributed by atoms with E-state index < -0.39 is 5.97 Å². The number of rotatable bonds is 5. The van der Waals surface area contributed by atoms with Gasteiger partial charge in [0.1, 0.15) is 5.75 Å². The van der Waals surface area contributed by atoms with E-state index in [-0.39, 0.29) is 13.0 Å². The van der Waals surface area contributed by atoms with Gasteiger partial charge in [-0.1, -0.05) is 24.8 Å². The van der Waals surface area contributed by atoms with Crippen molar-refractivity contribution >= 4 is 12.0 Å². The van der Waals surface area contributed by atoms with Gasteiger partial charge in [-0.15, -0.1) is 0 Å². The number of carbonyl (C=O) groups is 1. The van der Waals surface area contributed by atoms with E-state index in [0.29, 0.717) is 5.75 Å². The summed E-state index contributed by atoms with van der Waals surface area (Å²) in [5, 5.41) is 8.40. The minimum absolute atomic E-state index is 0.0122. The van der Waals surface area contributed by atoms with Crippen molar-refractivity contribution in [1.82, 2.24) is 0 Å². The summed E-state index contributed by atoms with van der Waals surface area (Å²) >= 11 is 0. The summed E-state index contributed by atoms with van der Waals surface area (Å²) in [6, 6.07) is 7.34. The van der Waals surface area contributed by atoms with Gasteiger partial charge in [-0.2, -0.15) is 0 Å². The number of carboxylic acids is 1. The molecular weight excluding hydrogens is 180 g/mol. The van der Waals surface area contributed by atoms with E-state index in [1.807, 2.05) is 18.2 Å². The lowest BCUT2D eigenvalue weighted by molar-refractivity contribution is -0.137. The number of hydrogen-bond acceptors (Lipinski definition) is 2. The second-order valence-electron chi connectivity index (χ2n) is 2.77. The molecule has 0 fully saturated rings. The van der Waals surface area contributed by atoms with E-state index in [9.17, 15) is 4.79 Å². The maximum Gasteiger partial charge on any atom is 0.306 e. The molecule has 74 valence electrons. The third-order valence-corrected chi connectivity index (χ3v) is 1.68. The van der Waals surface area contributed by atoms with Crippen molar-refractivity contribution in [2.75, 3.05) is 6.61 Å². The van der Waals surface area contributed by atoms with E-state index >= 15 is 0 Å². The largest absolute Gasteiger partial charge is 0.493 e. The fourth-order valence-corrected chi connectivity index (χ4v) is 0.987. The summed E-state index contributed by atoms with van der Waals surface area (Å²) in [5.41, 5.74) is 0.956.